The molecule has 2 aromatic heterocycles. The van der Waals surface area contributed by atoms with Crippen molar-refractivity contribution in [2.75, 3.05) is 6.54 Å². The third-order valence-electron chi connectivity index (χ3n) is 5.14. The highest BCUT2D eigenvalue weighted by atomic mass is 19.1. The number of primary amides is 1. The van der Waals surface area contributed by atoms with Gasteiger partial charge in [-0.05, 0) is 29.8 Å². The predicted octanol–water partition coefficient (Wildman–Crippen LogP) is 3.85. The summed E-state index contributed by atoms with van der Waals surface area (Å²) in [5.41, 5.74) is 9.45. The minimum Gasteiger partial charge on any atom is -0.455 e. The monoisotopic (exact) mass is 369 g/mol. The fourth-order valence-electron chi connectivity index (χ4n) is 3.92. The number of aromatic amines is 1. The molecule has 3 N–H and O–H groups in total. The number of carbonyl (C=O) groups excluding carboxylic acids is 1. The molecule has 3 heterocycles. The average Bonchev–Trinajstić information content (AvgIpc) is 3.16. The third kappa shape index (κ3) is 3.25. The Hall–Kier alpha value is -2.60. The fourth-order valence-corrected chi connectivity index (χ4v) is 3.92. The van der Waals surface area contributed by atoms with Crippen molar-refractivity contribution in [1.82, 2.24) is 9.88 Å². The minimum absolute atomic E-state index is 0.196. The van der Waals surface area contributed by atoms with Crippen molar-refractivity contribution in [2.45, 2.75) is 45.7 Å². The summed E-state index contributed by atoms with van der Waals surface area (Å²) in [6.45, 7) is 8.41. The molecule has 0 saturated heterocycles. The Kier molecular flexibility index (Phi) is 4.11. The van der Waals surface area contributed by atoms with E-state index < -0.39 is 5.91 Å². The van der Waals surface area contributed by atoms with Crippen molar-refractivity contribution in [3.63, 3.8) is 0 Å². The van der Waals surface area contributed by atoms with Gasteiger partial charge < -0.3 is 15.1 Å². The molecule has 0 aliphatic carbocycles. The van der Waals surface area contributed by atoms with Crippen LogP contribution in [0.1, 0.15) is 53.9 Å². The number of fused-ring (bicyclic) bond motifs is 3. The lowest BCUT2D eigenvalue weighted by Crippen LogP contribution is -2.30. The lowest BCUT2D eigenvalue weighted by molar-refractivity contribution is 0.0970. The Morgan fingerprint density at radius 1 is 1.33 bits per heavy atom. The molecule has 0 bridgehead atoms. The lowest BCUT2D eigenvalue weighted by Gasteiger charge is -2.28. The van der Waals surface area contributed by atoms with Crippen molar-refractivity contribution in [3.05, 3.63) is 58.4 Å². The first kappa shape index (κ1) is 17.8. The van der Waals surface area contributed by atoms with Gasteiger partial charge in [0.2, 0.25) is 0 Å². The maximum Gasteiger partial charge on any atom is 0.284 e. The number of H-pyrrole nitrogens is 1. The summed E-state index contributed by atoms with van der Waals surface area (Å²) < 4.78 is 19.5. The van der Waals surface area contributed by atoms with Gasteiger partial charge in [-0.15, -0.1) is 0 Å². The molecule has 0 unspecified atom stereocenters. The van der Waals surface area contributed by atoms with Gasteiger partial charge in [0.25, 0.3) is 5.91 Å². The highest BCUT2D eigenvalue weighted by Crippen LogP contribution is 2.33. The molecular weight excluding hydrogens is 345 g/mol. The Morgan fingerprint density at radius 2 is 2.11 bits per heavy atom. The molecular formula is C21H24FN3O2. The number of amides is 1. The Morgan fingerprint density at radius 3 is 2.81 bits per heavy atom. The molecule has 4 rings (SSSR count). The van der Waals surface area contributed by atoms with Crippen LogP contribution in [0.2, 0.25) is 0 Å². The number of rotatable bonds is 3. The van der Waals surface area contributed by atoms with Crippen LogP contribution in [0.3, 0.4) is 0 Å². The first-order valence-electron chi connectivity index (χ1n) is 9.16. The summed E-state index contributed by atoms with van der Waals surface area (Å²) in [7, 11) is 0. The molecule has 6 heteroatoms. The lowest BCUT2D eigenvalue weighted by atomic mass is 9.90. The normalized spacial score (nSPS) is 15.3. The van der Waals surface area contributed by atoms with Gasteiger partial charge in [-0.1, -0.05) is 20.8 Å². The minimum atomic E-state index is -0.556. The van der Waals surface area contributed by atoms with Gasteiger partial charge in [0.1, 0.15) is 11.6 Å². The largest absolute Gasteiger partial charge is 0.455 e. The maximum absolute atomic E-state index is 13.7. The van der Waals surface area contributed by atoms with Crippen LogP contribution in [0, 0.1) is 5.82 Å². The zero-order chi connectivity index (χ0) is 19.3. The van der Waals surface area contributed by atoms with Crippen LogP contribution in [-0.2, 0) is 24.9 Å². The number of hydrogen-bond acceptors (Lipinski definition) is 3. The molecule has 1 aliphatic rings. The average molecular weight is 369 g/mol. The summed E-state index contributed by atoms with van der Waals surface area (Å²) in [6.07, 6.45) is 0.872. The zero-order valence-electron chi connectivity index (χ0n) is 15.9. The summed E-state index contributed by atoms with van der Waals surface area (Å²) in [6, 6.07) is 6.62. The SMILES string of the molecule is CC(C)(C)c1oc(C(N)=O)cc1CN1CCc2[nH]c3ccc(F)cc3c2C1. The van der Waals surface area contributed by atoms with E-state index in [2.05, 4.69) is 30.7 Å². The smallest absolute Gasteiger partial charge is 0.284 e. The van der Waals surface area contributed by atoms with Gasteiger partial charge in [0.05, 0.1) is 0 Å². The van der Waals surface area contributed by atoms with Crippen LogP contribution < -0.4 is 5.73 Å². The van der Waals surface area contributed by atoms with E-state index in [1.807, 2.05) is 0 Å². The number of aromatic nitrogens is 1. The Balaban J connectivity index is 1.65. The number of nitrogens with one attached hydrogen (secondary N) is 1. The molecule has 0 radical (unpaired) electrons. The quantitative estimate of drug-likeness (QED) is 0.736. The van der Waals surface area contributed by atoms with Gasteiger partial charge in [0, 0.05) is 53.6 Å². The first-order valence-corrected chi connectivity index (χ1v) is 9.16. The van der Waals surface area contributed by atoms with E-state index in [4.69, 9.17) is 10.2 Å². The molecule has 3 aromatic rings. The number of benzene rings is 1. The topological polar surface area (TPSA) is 75.3 Å². The van der Waals surface area contributed by atoms with E-state index in [0.717, 1.165) is 47.3 Å². The summed E-state index contributed by atoms with van der Waals surface area (Å²) in [5, 5.41) is 0.941. The molecule has 0 spiro atoms. The molecule has 1 aliphatic heterocycles. The second kappa shape index (κ2) is 6.23. The number of nitrogens with zero attached hydrogens (tertiary/aromatic N) is 1. The molecule has 1 aromatic carbocycles. The summed E-state index contributed by atoms with van der Waals surface area (Å²) in [4.78, 5) is 17.3. The highest BCUT2D eigenvalue weighted by Gasteiger charge is 2.28. The second-order valence-corrected chi connectivity index (χ2v) is 8.31. The Labute approximate surface area is 157 Å². The fraction of sp³-hybridized carbons (Fsp3) is 0.381. The molecule has 0 saturated carbocycles. The van der Waals surface area contributed by atoms with E-state index >= 15 is 0 Å². The molecule has 0 atom stereocenters. The van der Waals surface area contributed by atoms with Crippen molar-refractivity contribution in [3.8, 4) is 0 Å². The van der Waals surface area contributed by atoms with Gasteiger partial charge in [-0.2, -0.15) is 0 Å². The van der Waals surface area contributed by atoms with Gasteiger partial charge in [0.15, 0.2) is 5.76 Å². The van der Waals surface area contributed by atoms with E-state index in [9.17, 15) is 9.18 Å². The standard InChI is InChI=1S/C21H24FN3O2/c1-21(2,3)19-12(8-18(27-19)20(23)26)10-25-7-6-17-15(11-25)14-9-13(22)4-5-16(14)24-17/h4-5,8-9,24H,6-7,10-11H2,1-3H3,(H2,23,26). The Bertz CT molecular complexity index is 1030. The third-order valence-corrected chi connectivity index (χ3v) is 5.14. The van der Waals surface area contributed by atoms with E-state index in [0.29, 0.717) is 6.54 Å². The van der Waals surface area contributed by atoms with E-state index in [1.165, 1.54) is 11.8 Å². The van der Waals surface area contributed by atoms with Crippen LogP contribution in [0.4, 0.5) is 4.39 Å². The highest BCUT2D eigenvalue weighted by molar-refractivity contribution is 5.90. The molecule has 142 valence electrons. The van der Waals surface area contributed by atoms with Crippen LogP contribution in [-0.4, -0.2) is 22.3 Å². The van der Waals surface area contributed by atoms with Crippen molar-refractivity contribution in [2.24, 2.45) is 5.73 Å². The van der Waals surface area contributed by atoms with E-state index in [1.54, 1.807) is 18.2 Å². The van der Waals surface area contributed by atoms with E-state index in [-0.39, 0.29) is 17.0 Å². The molecule has 1 amide bonds. The molecule has 0 fully saturated rings. The van der Waals surface area contributed by atoms with Crippen molar-refractivity contribution >= 4 is 16.8 Å². The predicted molar refractivity (Wildman–Crippen MR) is 102 cm³/mol. The van der Waals surface area contributed by atoms with Crippen molar-refractivity contribution in [1.29, 1.82) is 0 Å². The summed E-state index contributed by atoms with van der Waals surface area (Å²) >= 11 is 0. The van der Waals surface area contributed by atoms with Crippen LogP contribution >= 0.6 is 0 Å². The van der Waals surface area contributed by atoms with Crippen LogP contribution in [0.15, 0.2) is 28.7 Å². The number of halogens is 1. The van der Waals surface area contributed by atoms with Gasteiger partial charge >= 0.3 is 0 Å². The molecule has 5 nitrogen and oxygen atoms in total. The number of hydrogen-bond donors (Lipinski definition) is 2. The number of nitrogens with two attached hydrogens (primary N) is 1. The van der Waals surface area contributed by atoms with Gasteiger partial charge in [-0.25, -0.2) is 4.39 Å². The maximum atomic E-state index is 13.7. The molecule has 27 heavy (non-hydrogen) atoms. The number of furan rings is 1. The zero-order valence-corrected chi connectivity index (χ0v) is 15.9. The summed E-state index contributed by atoms with van der Waals surface area (Å²) in [5.74, 6) is 0.200. The second-order valence-electron chi connectivity index (χ2n) is 8.31. The van der Waals surface area contributed by atoms with Crippen molar-refractivity contribution < 1.29 is 13.6 Å². The van der Waals surface area contributed by atoms with Crippen LogP contribution in [0.25, 0.3) is 10.9 Å². The first-order chi connectivity index (χ1) is 12.7. The van der Waals surface area contributed by atoms with Crippen LogP contribution in [0.5, 0.6) is 0 Å². The van der Waals surface area contributed by atoms with Gasteiger partial charge in [-0.3, -0.25) is 9.69 Å². The number of carbonyl (C=O) groups is 1.